The van der Waals surface area contributed by atoms with Gasteiger partial charge in [-0.1, -0.05) is 66.7 Å². The lowest BCUT2D eigenvalue weighted by molar-refractivity contribution is -0.179. The maximum Gasteiger partial charge on any atom is 0.528 e. The maximum absolute atomic E-state index is 12.4. The van der Waals surface area contributed by atoms with Crippen molar-refractivity contribution in [2.75, 3.05) is 26.3 Å². The van der Waals surface area contributed by atoms with Gasteiger partial charge in [0.15, 0.2) is 5.75 Å². The number of rotatable bonds is 12. The van der Waals surface area contributed by atoms with Gasteiger partial charge in [0.25, 0.3) is 0 Å². The lowest BCUT2D eigenvalue weighted by atomic mass is 9.93. The molecule has 0 radical (unpaired) electrons. The minimum absolute atomic E-state index is 0.0885. The molecule has 1 fully saturated rings. The Morgan fingerprint density at radius 3 is 2.41 bits per heavy atom. The highest BCUT2D eigenvalue weighted by Gasteiger charge is 2.35. The van der Waals surface area contributed by atoms with Crippen molar-refractivity contribution in [1.29, 1.82) is 0 Å². The van der Waals surface area contributed by atoms with Gasteiger partial charge in [-0.15, -0.1) is 5.06 Å². The van der Waals surface area contributed by atoms with Gasteiger partial charge in [0.05, 0.1) is 51.5 Å². The Hall–Kier alpha value is -4.05. The molecule has 0 aliphatic carbocycles. The fraction of sp³-hybridized carbons (Fsp3) is 0.400. The molecule has 2 heterocycles. The summed E-state index contributed by atoms with van der Waals surface area (Å²) in [6, 6.07) is 24.7. The van der Waals surface area contributed by atoms with Gasteiger partial charge < -0.3 is 23.8 Å². The zero-order valence-electron chi connectivity index (χ0n) is 25.7. The smallest absolute Gasteiger partial charge is 0.490 e. The average molecular weight is 600 g/mol. The first-order chi connectivity index (χ1) is 21.3. The van der Waals surface area contributed by atoms with E-state index in [1.165, 1.54) is 5.39 Å². The molecule has 3 aromatic carbocycles. The number of carbonyl (C=O) groups is 1. The Balaban J connectivity index is 1.17. The Labute approximate surface area is 259 Å². The van der Waals surface area contributed by atoms with Gasteiger partial charge in [-0.25, -0.2) is 14.8 Å². The molecule has 1 aliphatic heterocycles. The first-order valence-electron chi connectivity index (χ1n) is 15.1. The van der Waals surface area contributed by atoms with E-state index >= 15 is 0 Å². The van der Waals surface area contributed by atoms with E-state index in [1.54, 1.807) is 38.2 Å². The summed E-state index contributed by atoms with van der Waals surface area (Å²) in [6.45, 7) is 8.39. The van der Waals surface area contributed by atoms with Crippen molar-refractivity contribution in [1.82, 2.24) is 15.0 Å². The van der Waals surface area contributed by atoms with Crippen LogP contribution in [0.4, 0.5) is 4.79 Å². The van der Waals surface area contributed by atoms with Crippen LogP contribution in [-0.2, 0) is 32.3 Å². The number of hydroxylamine groups is 2. The molecule has 1 aromatic heterocycles. The van der Waals surface area contributed by atoms with E-state index in [0.29, 0.717) is 57.5 Å². The Bertz CT molecular complexity index is 1480. The van der Waals surface area contributed by atoms with Crippen LogP contribution in [0.5, 0.6) is 5.75 Å². The van der Waals surface area contributed by atoms with Gasteiger partial charge in [0.2, 0.25) is 0 Å². The summed E-state index contributed by atoms with van der Waals surface area (Å²) >= 11 is 0. The largest absolute Gasteiger partial charge is 0.528 e. The van der Waals surface area contributed by atoms with Gasteiger partial charge in [-0.3, -0.25) is 0 Å². The molecule has 0 saturated carbocycles. The summed E-state index contributed by atoms with van der Waals surface area (Å²) in [6.07, 6.45) is 3.77. The summed E-state index contributed by atoms with van der Waals surface area (Å²) in [5.74, 6) is 1.19. The van der Waals surface area contributed by atoms with Gasteiger partial charge in [0, 0.05) is 18.9 Å². The molecule has 5 rings (SSSR count). The number of piperidine rings is 1. The number of carbonyl (C=O) groups excluding carboxylic acids is 1. The first kappa shape index (κ1) is 31.4. The van der Waals surface area contributed by atoms with Crippen molar-refractivity contribution in [2.24, 2.45) is 0 Å². The summed E-state index contributed by atoms with van der Waals surface area (Å²) in [5, 5.41) is 3.94. The highest BCUT2D eigenvalue weighted by atomic mass is 16.8. The molecule has 2 atom stereocenters. The van der Waals surface area contributed by atoms with Gasteiger partial charge in [-0.2, -0.15) is 0 Å². The molecule has 0 spiro atoms. The van der Waals surface area contributed by atoms with Crippen LogP contribution in [0.1, 0.15) is 56.5 Å². The van der Waals surface area contributed by atoms with E-state index in [-0.39, 0.29) is 12.0 Å². The van der Waals surface area contributed by atoms with E-state index in [0.717, 1.165) is 22.9 Å². The molecular weight excluding hydrogens is 558 g/mol. The molecular formula is C35H41N3O6. The van der Waals surface area contributed by atoms with Crippen LogP contribution in [0, 0.1) is 0 Å². The van der Waals surface area contributed by atoms with Crippen molar-refractivity contribution >= 4 is 16.9 Å². The number of hydrogen-bond donors (Lipinski definition) is 0. The van der Waals surface area contributed by atoms with E-state index in [1.807, 2.05) is 42.5 Å². The first-order valence-corrected chi connectivity index (χ1v) is 15.1. The van der Waals surface area contributed by atoms with Gasteiger partial charge in [0.1, 0.15) is 11.4 Å². The van der Waals surface area contributed by atoms with Crippen LogP contribution < -0.4 is 4.74 Å². The van der Waals surface area contributed by atoms with E-state index < -0.39 is 11.8 Å². The van der Waals surface area contributed by atoms with Crippen molar-refractivity contribution in [2.45, 2.75) is 64.4 Å². The SMILES string of the molecule is CC(C)(C)OC(=O)ON1CCC(c2ncc(OCCCOCc3ccccc3)cn2)C(OCc2ccc3ccccc3c2)C1. The quantitative estimate of drug-likeness (QED) is 0.128. The van der Waals surface area contributed by atoms with Crippen molar-refractivity contribution < 1.29 is 28.6 Å². The van der Waals surface area contributed by atoms with Gasteiger partial charge >= 0.3 is 6.16 Å². The fourth-order valence-electron chi connectivity index (χ4n) is 5.05. The number of hydrogen-bond acceptors (Lipinski definition) is 9. The summed E-state index contributed by atoms with van der Waals surface area (Å²) < 4.78 is 23.4. The third kappa shape index (κ3) is 9.47. The van der Waals surface area contributed by atoms with Crippen molar-refractivity contribution in [3.8, 4) is 5.75 Å². The number of benzene rings is 3. The van der Waals surface area contributed by atoms with Crippen LogP contribution in [0.15, 0.2) is 85.2 Å². The van der Waals surface area contributed by atoms with Crippen LogP contribution in [0.2, 0.25) is 0 Å². The molecule has 9 nitrogen and oxygen atoms in total. The predicted octanol–water partition coefficient (Wildman–Crippen LogP) is 6.86. The van der Waals surface area contributed by atoms with Crippen LogP contribution in [0.25, 0.3) is 10.8 Å². The topological polar surface area (TPSA) is 92.2 Å². The molecule has 2 unspecified atom stereocenters. The minimum atomic E-state index is -0.729. The number of ether oxygens (including phenoxy) is 4. The Morgan fingerprint density at radius 1 is 0.886 bits per heavy atom. The number of nitrogens with zero attached hydrogens (tertiary/aromatic N) is 3. The zero-order valence-corrected chi connectivity index (χ0v) is 25.7. The third-order valence-corrected chi connectivity index (χ3v) is 7.19. The van der Waals surface area contributed by atoms with Crippen molar-refractivity contribution in [3.63, 3.8) is 0 Å². The Morgan fingerprint density at radius 2 is 1.64 bits per heavy atom. The molecule has 44 heavy (non-hydrogen) atoms. The molecule has 232 valence electrons. The molecule has 1 saturated heterocycles. The fourth-order valence-corrected chi connectivity index (χ4v) is 5.05. The second-order valence-corrected chi connectivity index (χ2v) is 11.9. The normalized spacial score (nSPS) is 17.3. The average Bonchev–Trinajstić information content (AvgIpc) is 3.01. The van der Waals surface area contributed by atoms with E-state index in [4.69, 9.17) is 23.8 Å². The molecule has 9 heteroatoms. The molecule has 4 aromatic rings. The summed E-state index contributed by atoms with van der Waals surface area (Å²) in [7, 11) is 0. The third-order valence-electron chi connectivity index (χ3n) is 7.19. The van der Waals surface area contributed by atoms with Crippen LogP contribution >= 0.6 is 0 Å². The maximum atomic E-state index is 12.4. The second-order valence-electron chi connectivity index (χ2n) is 11.9. The minimum Gasteiger partial charge on any atom is -0.490 e. The molecule has 0 bridgehead atoms. The van der Waals surface area contributed by atoms with Gasteiger partial charge in [-0.05, 0) is 55.2 Å². The summed E-state index contributed by atoms with van der Waals surface area (Å²) in [5.41, 5.74) is 1.57. The van der Waals surface area contributed by atoms with Crippen molar-refractivity contribution in [3.05, 3.63) is 102 Å². The van der Waals surface area contributed by atoms with E-state index in [2.05, 4.69) is 40.3 Å². The second kappa shape index (κ2) is 15.1. The van der Waals surface area contributed by atoms with E-state index in [9.17, 15) is 4.79 Å². The lowest BCUT2D eigenvalue weighted by Gasteiger charge is -2.36. The number of fused-ring (bicyclic) bond motifs is 1. The predicted molar refractivity (Wildman–Crippen MR) is 167 cm³/mol. The van der Waals surface area contributed by atoms with Crippen LogP contribution in [0.3, 0.4) is 0 Å². The standard InChI is InChI=1S/C35H41N3O6/c1-35(2,3)43-34(39)44-38-17-16-31(32(23-38)42-25-27-14-15-28-12-7-8-13-29(28)20-27)33-36-21-30(22-37-33)41-19-9-18-40-24-26-10-5-4-6-11-26/h4-8,10-15,20-22,31-32H,9,16-19,23-25H2,1-3H3. The number of aromatic nitrogens is 2. The van der Waals surface area contributed by atoms with Crippen LogP contribution in [-0.4, -0.2) is 59.2 Å². The molecule has 0 amide bonds. The highest BCUT2D eigenvalue weighted by molar-refractivity contribution is 5.82. The lowest BCUT2D eigenvalue weighted by Crippen LogP contribution is -2.45. The summed E-state index contributed by atoms with van der Waals surface area (Å²) in [4.78, 5) is 27.2. The Kier molecular flexibility index (Phi) is 10.8. The monoisotopic (exact) mass is 599 g/mol. The highest BCUT2D eigenvalue weighted by Crippen LogP contribution is 2.30. The molecule has 0 N–H and O–H groups in total. The molecule has 1 aliphatic rings. The zero-order chi connectivity index (χ0) is 30.8.